The first-order chi connectivity index (χ1) is 14.7. The van der Waals surface area contributed by atoms with Gasteiger partial charge in [0, 0.05) is 43.8 Å². The van der Waals surface area contributed by atoms with Gasteiger partial charge in [0.2, 0.25) is 10.0 Å². The maximum Gasteiger partial charge on any atom is 0.310 e. The minimum atomic E-state index is -3.99. The Labute approximate surface area is 179 Å². The zero-order valence-corrected chi connectivity index (χ0v) is 17.8. The van der Waals surface area contributed by atoms with Crippen molar-refractivity contribution >= 4 is 33.3 Å². The van der Waals surface area contributed by atoms with Crippen LogP contribution in [0, 0.1) is 5.82 Å². The van der Waals surface area contributed by atoms with Crippen molar-refractivity contribution in [2.45, 2.75) is 36.7 Å². The minimum absolute atomic E-state index is 0.0789. The molecule has 1 N–H and O–H groups in total. The molecule has 2 heterocycles. The summed E-state index contributed by atoms with van der Waals surface area (Å²) in [7, 11) is -2.64. The number of hydrogen-bond acceptors (Lipinski definition) is 5. The van der Waals surface area contributed by atoms with Crippen LogP contribution < -0.4 is 0 Å². The van der Waals surface area contributed by atoms with E-state index < -0.39 is 33.8 Å². The van der Waals surface area contributed by atoms with Crippen molar-refractivity contribution in [2.24, 2.45) is 0 Å². The maximum atomic E-state index is 13.2. The zero-order valence-electron chi connectivity index (χ0n) is 17.0. The highest BCUT2D eigenvalue weighted by atomic mass is 32.2. The second-order valence-corrected chi connectivity index (χ2v) is 9.20. The second-order valence-electron chi connectivity index (χ2n) is 7.20. The van der Waals surface area contributed by atoms with Gasteiger partial charge < -0.3 is 14.5 Å². The lowest BCUT2D eigenvalue weighted by Crippen LogP contribution is -2.40. The fourth-order valence-corrected chi connectivity index (χ4v) is 4.77. The third kappa shape index (κ3) is 4.49. The van der Waals surface area contributed by atoms with Gasteiger partial charge in [-0.1, -0.05) is 0 Å². The van der Waals surface area contributed by atoms with E-state index in [1.807, 2.05) is 0 Å². The number of fused-ring (bicyclic) bond motifs is 1. The normalized spacial score (nSPS) is 13.9. The van der Waals surface area contributed by atoms with Crippen LogP contribution in [0.2, 0.25) is 0 Å². The number of benzene rings is 1. The molecule has 0 amide bonds. The smallest absolute Gasteiger partial charge is 0.310 e. The fourth-order valence-electron chi connectivity index (χ4n) is 3.41. The monoisotopic (exact) mass is 447 g/mol. The van der Waals surface area contributed by atoms with Crippen molar-refractivity contribution in [3.63, 3.8) is 0 Å². The lowest BCUT2D eigenvalue weighted by molar-refractivity contribution is -0.138. The van der Waals surface area contributed by atoms with Crippen LogP contribution in [0.3, 0.4) is 0 Å². The van der Waals surface area contributed by atoms with Crippen molar-refractivity contribution in [3.8, 4) is 0 Å². The van der Waals surface area contributed by atoms with Gasteiger partial charge in [0.15, 0.2) is 0 Å². The molecule has 31 heavy (non-hydrogen) atoms. The van der Waals surface area contributed by atoms with Gasteiger partial charge in [-0.25, -0.2) is 17.8 Å². The summed E-state index contributed by atoms with van der Waals surface area (Å²) in [4.78, 5) is 27.0. The number of carboxylic acids is 1. The molecule has 0 spiro atoms. The molecule has 3 aromatic rings. The van der Waals surface area contributed by atoms with Gasteiger partial charge in [0.25, 0.3) is 0 Å². The van der Waals surface area contributed by atoms with Crippen LogP contribution in [0.25, 0.3) is 11.0 Å². The predicted octanol–water partition coefficient (Wildman–Crippen LogP) is 2.64. The van der Waals surface area contributed by atoms with E-state index in [1.54, 1.807) is 36.0 Å². The molecule has 164 valence electrons. The molecule has 10 heteroatoms. The van der Waals surface area contributed by atoms with Gasteiger partial charge in [-0.2, -0.15) is 4.31 Å². The molecule has 0 fully saturated rings. The SMILES string of the molecule is CC(C(=O)O)c1cn(C[C@H](CC=O)N(C)S(=O)(=O)c2ccc(F)cc2)c2ncccc12. The highest BCUT2D eigenvalue weighted by molar-refractivity contribution is 7.89. The summed E-state index contributed by atoms with van der Waals surface area (Å²) in [5.41, 5.74) is 1.04. The number of aromatic nitrogens is 2. The van der Waals surface area contributed by atoms with Crippen molar-refractivity contribution in [1.29, 1.82) is 0 Å². The Morgan fingerprint density at radius 1 is 1.29 bits per heavy atom. The number of halogens is 1. The standard InChI is InChI=1S/C21H22FN3O5S/c1-14(21(27)28)19-13-25(20-18(19)4-3-10-23-20)12-16(9-11-26)24(2)31(29,30)17-7-5-15(22)6-8-17/h3-8,10-11,13-14,16H,9,12H2,1-2H3,(H,27,28)/t14?,16-/m0/s1. The summed E-state index contributed by atoms with van der Waals surface area (Å²) >= 11 is 0. The van der Waals surface area contributed by atoms with E-state index in [0.717, 1.165) is 16.4 Å². The van der Waals surface area contributed by atoms with Crippen molar-refractivity contribution in [3.05, 3.63) is 60.2 Å². The highest BCUT2D eigenvalue weighted by Crippen LogP contribution is 2.28. The Hall–Kier alpha value is -3.11. The summed E-state index contributed by atoms with van der Waals surface area (Å²) in [5, 5.41) is 10.1. The Kier molecular flexibility index (Phi) is 6.51. The number of aliphatic carboxylic acids is 1. The predicted molar refractivity (Wildman–Crippen MR) is 112 cm³/mol. The van der Waals surface area contributed by atoms with Gasteiger partial charge in [-0.15, -0.1) is 0 Å². The first kappa shape index (κ1) is 22.6. The number of hydrogen-bond donors (Lipinski definition) is 1. The van der Waals surface area contributed by atoms with E-state index >= 15 is 0 Å². The zero-order chi connectivity index (χ0) is 22.8. The van der Waals surface area contributed by atoms with E-state index in [1.165, 1.54) is 19.2 Å². The van der Waals surface area contributed by atoms with Gasteiger partial charge >= 0.3 is 5.97 Å². The van der Waals surface area contributed by atoms with Gasteiger partial charge in [0.05, 0.1) is 10.8 Å². The Balaban J connectivity index is 2.00. The second kappa shape index (κ2) is 8.94. The molecule has 8 nitrogen and oxygen atoms in total. The number of carbonyl (C=O) groups excluding carboxylic acids is 1. The molecular weight excluding hydrogens is 425 g/mol. The van der Waals surface area contributed by atoms with Crippen molar-refractivity contribution < 1.29 is 27.5 Å². The van der Waals surface area contributed by atoms with Gasteiger partial charge in [0.1, 0.15) is 17.8 Å². The first-order valence-electron chi connectivity index (χ1n) is 9.50. The molecule has 1 aromatic carbocycles. The number of likely N-dealkylation sites (N-methyl/N-ethyl adjacent to an activating group) is 1. The summed E-state index contributed by atoms with van der Waals surface area (Å²) in [6, 6.07) is 7.12. The molecule has 3 rings (SSSR count). The molecule has 0 aliphatic rings. The Morgan fingerprint density at radius 2 is 1.97 bits per heavy atom. The number of pyridine rings is 1. The molecule has 0 bridgehead atoms. The highest BCUT2D eigenvalue weighted by Gasteiger charge is 2.29. The van der Waals surface area contributed by atoms with Crippen LogP contribution in [0.4, 0.5) is 4.39 Å². The quantitative estimate of drug-likeness (QED) is 0.505. The number of nitrogens with zero attached hydrogens (tertiary/aromatic N) is 3. The van der Waals surface area contributed by atoms with Crippen LogP contribution in [-0.2, 0) is 26.2 Å². The van der Waals surface area contributed by atoms with E-state index in [9.17, 15) is 27.5 Å². The largest absolute Gasteiger partial charge is 0.481 e. The third-order valence-corrected chi connectivity index (χ3v) is 7.21. The van der Waals surface area contributed by atoms with E-state index in [0.29, 0.717) is 22.9 Å². The van der Waals surface area contributed by atoms with Crippen LogP contribution in [0.5, 0.6) is 0 Å². The number of carboxylic acid groups (broad SMARTS) is 1. The third-order valence-electron chi connectivity index (χ3n) is 5.28. The maximum absolute atomic E-state index is 13.2. The van der Waals surface area contributed by atoms with E-state index in [-0.39, 0.29) is 17.9 Å². The Morgan fingerprint density at radius 3 is 2.58 bits per heavy atom. The minimum Gasteiger partial charge on any atom is -0.481 e. The number of aldehydes is 1. The van der Waals surface area contributed by atoms with Crippen LogP contribution >= 0.6 is 0 Å². The van der Waals surface area contributed by atoms with Crippen LogP contribution in [-0.4, -0.2) is 52.7 Å². The van der Waals surface area contributed by atoms with Crippen LogP contribution in [0.15, 0.2) is 53.7 Å². The summed E-state index contributed by atoms with van der Waals surface area (Å²) < 4.78 is 41.9. The number of rotatable bonds is 9. The summed E-state index contributed by atoms with van der Waals surface area (Å²) in [6.45, 7) is 1.64. The summed E-state index contributed by atoms with van der Waals surface area (Å²) in [6.07, 6.45) is 3.73. The number of carbonyl (C=O) groups is 2. The molecule has 2 aromatic heterocycles. The number of sulfonamides is 1. The van der Waals surface area contributed by atoms with Crippen LogP contribution in [0.1, 0.15) is 24.8 Å². The summed E-state index contributed by atoms with van der Waals surface area (Å²) in [5.74, 6) is -2.35. The fraction of sp³-hybridized carbons (Fsp3) is 0.286. The molecule has 0 aliphatic carbocycles. The first-order valence-corrected chi connectivity index (χ1v) is 10.9. The average molecular weight is 447 g/mol. The molecular formula is C21H22FN3O5S. The molecule has 2 atom stereocenters. The molecule has 1 unspecified atom stereocenters. The van der Waals surface area contributed by atoms with E-state index in [2.05, 4.69) is 4.98 Å². The average Bonchev–Trinajstić information content (AvgIpc) is 3.11. The lowest BCUT2D eigenvalue weighted by Gasteiger charge is -2.26. The topological polar surface area (TPSA) is 110 Å². The van der Waals surface area contributed by atoms with Crippen molar-refractivity contribution in [1.82, 2.24) is 13.9 Å². The van der Waals surface area contributed by atoms with Crippen molar-refractivity contribution in [2.75, 3.05) is 7.05 Å². The lowest BCUT2D eigenvalue weighted by atomic mass is 10.0. The van der Waals surface area contributed by atoms with Gasteiger partial charge in [-0.05, 0) is 48.9 Å². The molecule has 0 aliphatic heterocycles. The molecule has 0 saturated heterocycles. The van der Waals surface area contributed by atoms with Gasteiger partial charge in [-0.3, -0.25) is 4.79 Å². The van der Waals surface area contributed by atoms with E-state index in [4.69, 9.17) is 0 Å². The Bertz CT molecular complexity index is 1210. The molecule has 0 radical (unpaired) electrons. The molecule has 0 saturated carbocycles.